The van der Waals surface area contributed by atoms with E-state index in [1.807, 2.05) is 0 Å². The Morgan fingerprint density at radius 3 is 2.50 bits per heavy atom. The van der Waals surface area contributed by atoms with E-state index < -0.39 is 10.0 Å². The van der Waals surface area contributed by atoms with Crippen LogP contribution in [0, 0.1) is 6.92 Å². The molecule has 0 aliphatic rings. The van der Waals surface area contributed by atoms with E-state index in [0.29, 0.717) is 41.4 Å². The summed E-state index contributed by atoms with van der Waals surface area (Å²) in [5, 5.41) is 3.22. The van der Waals surface area contributed by atoms with Crippen LogP contribution in [0.4, 0.5) is 5.69 Å². The van der Waals surface area contributed by atoms with Crippen molar-refractivity contribution in [3.63, 3.8) is 0 Å². The number of sulfonamides is 1. The van der Waals surface area contributed by atoms with Crippen molar-refractivity contribution in [1.82, 2.24) is 5.32 Å². The standard InChI is InChI=1S/C18H21ClN2O4S/c1-13-16(19)5-3-6-17(13)21-26(23,24)15-9-7-14(8-10-15)18(22)20-11-4-12-25-2/h3,5-10,21H,4,11-12H2,1-2H3,(H,20,22). The highest BCUT2D eigenvalue weighted by Gasteiger charge is 2.16. The molecule has 0 aliphatic carbocycles. The van der Waals surface area contributed by atoms with Gasteiger partial charge in [0.25, 0.3) is 15.9 Å². The van der Waals surface area contributed by atoms with Crippen LogP contribution in [-0.4, -0.2) is 34.6 Å². The molecule has 0 aromatic heterocycles. The molecule has 0 bridgehead atoms. The lowest BCUT2D eigenvalue weighted by molar-refractivity contribution is 0.0948. The van der Waals surface area contributed by atoms with Gasteiger partial charge in [0.15, 0.2) is 0 Å². The number of halogens is 1. The second kappa shape index (κ2) is 9.02. The maximum Gasteiger partial charge on any atom is 0.261 e. The molecule has 2 aromatic carbocycles. The monoisotopic (exact) mass is 396 g/mol. The predicted octanol–water partition coefficient (Wildman–Crippen LogP) is 3.22. The molecule has 0 fully saturated rings. The zero-order valence-electron chi connectivity index (χ0n) is 14.6. The van der Waals surface area contributed by atoms with Gasteiger partial charge in [-0.25, -0.2) is 8.42 Å². The largest absolute Gasteiger partial charge is 0.385 e. The summed E-state index contributed by atoms with van der Waals surface area (Å²) in [6.07, 6.45) is 0.706. The number of anilines is 1. The number of nitrogens with one attached hydrogen (secondary N) is 2. The fourth-order valence-electron chi connectivity index (χ4n) is 2.23. The van der Waals surface area contributed by atoms with Gasteiger partial charge in [-0.3, -0.25) is 9.52 Å². The highest BCUT2D eigenvalue weighted by Crippen LogP contribution is 2.25. The zero-order chi connectivity index (χ0) is 19.2. The molecule has 1 amide bonds. The van der Waals surface area contributed by atoms with E-state index in [4.69, 9.17) is 16.3 Å². The summed E-state index contributed by atoms with van der Waals surface area (Å²) in [6.45, 7) is 2.78. The number of hydrogen-bond acceptors (Lipinski definition) is 4. The SMILES string of the molecule is COCCCNC(=O)c1ccc(S(=O)(=O)Nc2cccc(Cl)c2C)cc1. The Hall–Kier alpha value is -2.09. The first kappa shape index (κ1) is 20.2. The lowest BCUT2D eigenvalue weighted by atomic mass is 10.2. The van der Waals surface area contributed by atoms with Crippen molar-refractivity contribution in [1.29, 1.82) is 0 Å². The first-order valence-electron chi connectivity index (χ1n) is 8.00. The summed E-state index contributed by atoms with van der Waals surface area (Å²) in [7, 11) is -2.18. The Labute approximate surface area is 158 Å². The van der Waals surface area contributed by atoms with Crippen molar-refractivity contribution in [2.75, 3.05) is 25.0 Å². The van der Waals surface area contributed by atoms with Gasteiger partial charge in [-0.05, 0) is 55.3 Å². The molecule has 2 rings (SSSR count). The van der Waals surface area contributed by atoms with Gasteiger partial charge < -0.3 is 10.1 Å². The highest BCUT2D eigenvalue weighted by molar-refractivity contribution is 7.92. The van der Waals surface area contributed by atoms with Crippen LogP contribution in [0.15, 0.2) is 47.4 Å². The van der Waals surface area contributed by atoms with Crippen LogP contribution in [0.25, 0.3) is 0 Å². The molecule has 0 aliphatic heterocycles. The maximum absolute atomic E-state index is 12.5. The average molecular weight is 397 g/mol. The van der Waals surface area contributed by atoms with Crippen LogP contribution in [0.2, 0.25) is 5.02 Å². The molecule has 26 heavy (non-hydrogen) atoms. The third kappa shape index (κ3) is 5.20. The van der Waals surface area contributed by atoms with Crippen LogP contribution >= 0.6 is 11.6 Å². The second-order valence-electron chi connectivity index (χ2n) is 5.64. The van der Waals surface area contributed by atoms with Crippen LogP contribution in [0.3, 0.4) is 0 Å². The van der Waals surface area contributed by atoms with Crippen molar-refractivity contribution in [2.24, 2.45) is 0 Å². The summed E-state index contributed by atoms with van der Waals surface area (Å²) in [5.41, 5.74) is 1.45. The van der Waals surface area contributed by atoms with Crippen molar-refractivity contribution >= 4 is 33.2 Å². The van der Waals surface area contributed by atoms with Gasteiger partial charge in [-0.15, -0.1) is 0 Å². The minimum atomic E-state index is -3.78. The minimum absolute atomic E-state index is 0.0628. The fourth-order valence-corrected chi connectivity index (χ4v) is 3.53. The number of carbonyl (C=O) groups is 1. The van der Waals surface area contributed by atoms with E-state index in [0.717, 1.165) is 0 Å². The first-order chi connectivity index (χ1) is 12.3. The summed E-state index contributed by atoms with van der Waals surface area (Å²) in [5.74, 6) is -0.260. The molecule has 0 saturated heterocycles. The Morgan fingerprint density at radius 1 is 1.15 bits per heavy atom. The summed E-state index contributed by atoms with van der Waals surface area (Å²) in [6, 6.07) is 10.7. The van der Waals surface area contributed by atoms with E-state index >= 15 is 0 Å². The Morgan fingerprint density at radius 2 is 1.85 bits per heavy atom. The lowest BCUT2D eigenvalue weighted by Crippen LogP contribution is -2.25. The third-order valence-electron chi connectivity index (χ3n) is 3.75. The van der Waals surface area contributed by atoms with Gasteiger partial charge in [0.05, 0.1) is 10.6 Å². The molecule has 0 unspecified atom stereocenters. The van der Waals surface area contributed by atoms with E-state index in [-0.39, 0.29) is 10.8 Å². The van der Waals surface area contributed by atoms with Gasteiger partial charge in [0.1, 0.15) is 0 Å². The van der Waals surface area contributed by atoms with Crippen LogP contribution in [0.5, 0.6) is 0 Å². The van der Waals surface area contributed by atoms with Gasteiger partial charge in [-0.2, -0.15) is 0 Å². The van der Waals surface area contributed by atoms with Crippen LogP contribution in [0.1, 0.15) is 22.3 Å². The van der Waals surface area contributed by atoms with E-state index in [2.05, 4.69) is 10.0 Å². The summed E-state index contributed by atoms with van der Waals surface area (Å²) >= 11 is 6.02. The van der Waals surface area contributed by atoms with Crippen molar-refractivity contribution in [3.05, 3.63) is 58.6 Å². The molecule has 8 heteroatoms. The van der Waals surface area contributed by atoms with Gasteiger partial charge >= 0.3 is 0 Å². The molecule has 0 heterocycles. The molecule has 2 aromatic rings. The third-order valence-corrected chi connectivity index (χ3v) is 5.54. The van der Waals surface area contributed by atoms with Gasteiger partial charge in [-0.1, -0.05) is 17.7 Å². The smallest absolute Gasteiger partial charge is 0.261 e. The Balaban J connectivity index is 2.09. The molecule has 0 spiro atoms. The van der Waals surface area contributed by atoms with Gasteiger partial charge in [0, 0.05) is 30.8 Å². The van der Waals surface area contributed by atoms with Crippen LogP contribution < -0.4 is 10.0 Å². The van der Waals surface area contributed by atoms with Crippen molar-refractivity contribution in [3.8, 4) is 0 Å². The molecule has 140 valence electrons. The Bertz CT molecular complexity index is 867. The molecule has 6 nitrogen and oxygen atoms in total. The number of rotatable bonds is 8. The minimum Gasteiger partial charge on any atom is -0.385 e. The van der Waals surface area contributed by atoms with Crippen molar-refractivity contribution in [2.45, 2.75) is 18.2 Å². The van der Waals surface area contributed by atoms with Gasteiger partial charge in [0.2, 0.25) is 0 Å². The highest BCUT2D eigenvalue weighted by atomic mass is 35.5. The topological polar surface area (TPSA) is 84.5 Å². The molecular weight excluding hydrogens is 376 g/mol. The Kier molecular flexibility index (Phi) is 7.02. The zero-order valence-corrected chi connectivity index (χ0v) is 16.2. The number of ether oxygens (including phenoxy) is 1. The van der Waals surface area contributed by atoms with Crippen molar-refractivity contribution < 1.29 is 17.9 Å². The number of carbonyl (C=O) groups excluding carboxylic acids is 1. The number of benzene rings is 2. The van der Waals surface area contributed by atoms with E-state index in [1.54, 1.807) is 32.2 Å². The normalized spacial score (nSPS) is 11.2. The van der Waals surface area contributed by atoms with E-state index in [1.165, 1.54) is 24.3 Å². The maximum atomic E-state index is 12.5. The molecular formula is C18H21ClN2O4S. The average Bonchev–Trinajstić information content (AvgIpc) is 2.62. The molecule has 0 radical (unpaired) electrons. The second-order valence-corrected chi connectivity index (χ2v) is 7.73. The summed E-state index contributed by atoms with van der Waals surface area (Å²) < 4.78 is 32.5. The van der Waals surface area contributed by atoms with Crippen LogP contribution in [-0.2, 0) is 14.8 Å². The molecule has 0 atom stereocenters. The number of hydrogen-bond donors (Lipinski definition) is 2. The summed E-state index contributed by atoms with van der Waals surface area (Å²) in [4.78, 5) is 12.1. The molecule has 0 saturated carbocycles. The van der Waals surface area contributed by atoms with E-state index in [9.17, 15) is 13.2 Å². The quantitative estimate of drug-likeness (QED) is 0.671. The lowest BCUT2D eigenvalue weighted by Gasteiger charge is -2.12. The fraction of sp³-hybridized carbons (Fsp3) is 0.278. The predicted molar refractivity (Wildman–Crippen MR) is 102 cm³/mol. The number of amides is 1. The first-order valence-corrected chi connectivity index (χ1v) is 9.86. The molecule has 2 N–H and O–H groups in total. The number of methoxy groups -OCH3 is 1.